The van der Waals surface area contributed by atoms with E-state index in [0.717, 1.165) is 48.3 Å². The predicted octanol–water partition coefficient (Wildman–Crippen LogP) is 2.76. The highest BCUT2D eigenvalue weighted by molar-refractivity contribution is 7.13. The molecule has 0 saturated carbocycles. The van der Waals surface area contributed by atoms with Crippen molar-refractivity contribution in [3.8, 4) is 10.8 Å². The van der Waals surface area contributed by atoms with Crippen molar-refractivity contribution < 1.29 is 9.21 Å². The molecule has 1 unspecified atom stereocenters. The Labute approximate surface area is 140 Å². The van der Waals surface area contributed by atoms with Crippen LogP contribution in [-0.4, -0.2) is 30.5 Å². The second-order valence-corrected chi connectivity index (χ2v) is 6.94. The first kappa shape index (κ1) is 16.2. The summed E-state index contributed by atoms with van der Waals surface area (Å²) in [6.07, 6.45) is 3.89. The maximum Gasteiger partial charge on any atom is 0.226 e. The summed E-state index contributed by atoms with van der Waals surface area (Å²) in [5.74, 6) is 2.37. The van der Waals surface area contributed by atoms with Crippen LogP contribution < -0.4 is 10.6 Å². The molecule has 1 amide bonds. The van der Waals surface area contributed by atoms with Crippen LogP contribution >= 0.6 is 11.3 Å². The van der Waals surface area contributed by atoms with Gasteiger partial charge in [-0.3, -0.25) is 4.79 Å². The number of aryl methyl sites for hydroxylation is 1. The average molecular weight is 333 g/mol. The van der Waals surface area contributed by atoms with Crippen LogP contribution in [0.3, 0.4) is 0 Å². The zero-order valence-corrected chi connectivity index (χ0v) is 14.2. The molecule has 0 bridgehead atoms. The number of amides is 1. The molecule has 0 aromatic carbocycles. The number of rotatable bonds is 6. The largest absolute Gasteiger partial charge is 0.459 e. The van der Waals surface area contributed by atoms with Gasteiger partial charge in [0.15, 0.2) is 10.8 Å². The van der Waals surface area contributed by atoms with Crippen LogP contribution in [0.1, 0.15) is 30.7 Å². The summed E-state index contributed by atoms with van der Waals surface area (Å²) in [4.78, 5) is 16.5. The number of aromatic nitrogens is 1. The molecule has 1 aliphatic heterocycles. The van der Waals surface area contributed by atoms with Crippen LogP contribution in [0, 0.1) is 12.8 Å². The Hall–Kier alpha value is -1.66. The number of carbonyl (C=O) groups is 1. The zero-order chi connectivity index (χ0) is 16.1. The van der Waals surface area contributed by atoms with Gasteiger partial charge in [0.1, 0.15) is 5.76 Å². The number of furan rings is 1. The molecular formula is C17H23N3O2S. The van der Waals surface area contributed by atoms with Crippen LogP contribution in [0.5, 0.6) is 0 Å². The van der Waals surface area contributed by atoms with E-state index in [2.05, 4.69) is 15.6 Å². The highest BCUT2D eigenvalue weighted by Crippen LogP contribution is 2.25. The average Bonchev–Trinajstić information content (AvgIpc) is 3.17. The van der Waals surface area contributed by atoms with Crippen LogP contribution in [-0.2, 0) is 11.2 Å². The van der Waals surface area contributed by atoms with Crippen molar-refractivity contribution in [2.45, 2.75) is 32.6 Å². The molecule has 2 aromatic heterocycles. The Morgan fingerprint density at radius 2 is 2.43 bits per heavy atom. The molecule has 1 atom stereocenters. The van der Waals surface area contributed by atoms with Crippen molar-refractivity contribution in [3.63, 3.8) is 0 Å². The first-order chi connectivity index (χ1) is 11.2. The second-order valence-electron chi connectivity index (χ2n) is 6.08. The normalized spacial score (nSPS) is 18.0. The topological polar surface area (TPSA) is 67.2 Å². The summed E-state index contributed by atoms with van der Waals surface area (Å²) in [6.45, 7) is 4.87. The third kappa shape index (κ3) is 4.65. The lowest BCUT2D eigenvalue weighted by molar-refractivity contribution is -0.120. The van der Waals surface area contributed by atoms with Crippen LogP contribution in [0.4, 0.5) is 0 Å². The van der Waals surface area contributed by atoms with E-state index in [1.165, 1.54) is 24.2 Å². The van der Waals surface area contributed by atoms with E-state index in [-0.39, 0.29) is 5.91 Å². The summed E-state index contributed by atoms with van der Waals surface area (Å²) >= 11 is 1.51. The van der Waals surface area contributed by atoms with E-state index in [1.54, 1.807) is 0 Å². The molecule has 2 N–H and O–H groups in total. The molecule has 0 radical (unpaired) electrons. The quantitative estimate of drug-likeness (QED) is 0.853. The van der Waals surface area contributed by atoms with Crippen molar-refractivity contribution in [2.24, 2.45) is 5.92 Å². The van der Waals surface area contributed by atoms with Crippen LogP contribution in [0.15, 0.2) is 21.9 Å². The Morgan fingerprint density at radius 3 is 3.17 bits per heavy atom. The predicted molar refractivity (Wildman–Crippen MR) is 91.5 cm³/mol. The van der Waals surface area contributed by atoms with Gasteiger partial charge in [-0.1, -0.05) is 0 Å². The Balaban J connectivity index is 1.43. The molecule has 2 aromatic rings. The Bertz CT molecular complexity index is 644. The van der Waals surface area contributed by atoms with Crippen molar-refractivity contribution in [1.82, 2.24) is 15.6 Å². The molecule has 1 saturated heterocycles. The lowest BCUT2D eigenvalue weighted by Gasteiger charge is -2.22. The van der Waals surface area contributed by atoms with Gasteiger partial charge in [-0.05, 0) is 57.3 Å². The second kappa shape index (κ2) is 7.75. The number of nitrogens with one attached hydrogen (secondary N) is 2. The molecule has 1 fully saturated rings. The van der Waals surface area contributed by atoms with Crippen molar-refractivity contribution in [3.05, 3.63) is 29.0 Å². The molecule has 0 aliphatic carbocycles. The van der Waals surface area contributed by atoms with E-state index >= 15 is 0 Å². The molecule has 124 valence electrons. The first-order valence-electron chi connectivity index (χ1n) is 8.19. The zero-order valence-electron chi connectivity index (χ0n) is 13.4. The summed E-state index contributed by atoms with van der Waals surface area (Å²) in [6, 6.07) is 3.83. The van der Waals surface area contributed by atoms with E-state index < -0.39 is 0 Å². The summed E-state index contributed by atoms with van der Waals surface area (Å²) < 4.78 is 5.56. The maximum atomic E-state index is 12.0. The number of nitrogens with zero attached hydrogens (tertiary/aromatic N) is 1. The molecule has 3 heterocycles. The van der Waals surface area contributed by atoms with E-state index in [0.29, 0.717) is 12.3 Å². The van der Waals surface area contributed by atoms with Gasteiger partial charge in [0.25, 0.3) is 0 Å². The standard InChI is InChI=1S/C17H23N3O2S/c1-12-4-5-15(22-12)17-20-14(11-23-17)9-16(21)19-8-6-13-3-2-7-18-10-13/h4-5,11,13,18H,2-3,6-10H2,1H3,(H,19,21). The van der Waals surface area contributed by atoms with Gasteiger partial charge in [-0.15, -0.1) is 11.3 Å². The molecule has 1 aliphatic rings. The lowest BCUT2D eigenvalue weighted by atomic mass is 9.96. The third-order valence-electron chi connectivity index (χ3n) is 4.12. The van der Waals surface area contributed by atoms with Gasteiger partial charge in [0.2, 0.25) is 5.91 Å². The molecule has 5 nitrogen and oxygen atoms in total. The SMILES string of the molecule is Cc1ccc(-c2nc(CC(=O)NCCC3CCCNC3)cs2)o1. The summed E-state index contributed by atoms with van der Waals surface area (Å²) in [5.41, 5.74) is 0.802. The fraction of sp³-hybridized carbons (Fsp3) is 0.529. The Morgan fingerprint density at radius 1 is 1.52 bits per heavy atom. The van der Waals surface area contributed by atoms with Gasteiger partial charge in [0, 0.05) is 11.9 Å². The Kier molecular flexibility index (Phi) is 5.46. The number of carbonyl (C=O) groups excluding carboxylic acids is 1. The maximum absolute atomic E-state index is 12.0. The highest BCUT2D eigenvalue weighted by Gasteiger charge is 2.14. The van der Waals surface area contributed by atoms with Gasteiger partial charge in [-0.2, -0.15) is 0 Å². The summed E-state index contributed by atoms with van der Waals surface area (Å²) in [7, 11) is 0. The van der Waals surface area contributed by atoms with Crippen molar-refractivity contribution in [1.29, 1.82) is 0 Å². The molecular weight excluding hydrogens is 310 g/mol. The number of thiazole rings is 1. The smallest absolute Gasteiger partial charge is 0.226 e. The van der Waals surface area contributed by atoms with Gasteiger partial charge in [-0.25, -0.2) is 4.98 Å². The molecule has 6 heteroatoms. The summed E-state index contributed by atoms with van der Waals surface area (Å²) in [5, 5.41) is 9.17. The molecule has 3 rings (SSSR count). The van der Waals surface area contributed by atoms with Gasteiger partial charge in [0.05, 0.1) is 12.1 Å². The third-order valence-corrected chi connectivity index (χ3v) is 5.02. The van der Waals surface area contributed by atoms with Crippen LogP contribution in [0.2, 0.25) is 0 Å². The fourth-order valence-electron chi connectivity index (χ4n) is 2.86. The number of hydrogen-bond donors (Lipinski definition) is 2. The minimum absolute atomic E-state index is 0.0428. The highest BCUT2D eigenvalue weighted by atomic mass is 32.1. The lowest BCUT2D eigenvalue weighted by Crippen LogP contribution is -2.33. The number of hydrogen-bond acceptors (Lipinski definition) is 5. The van der Waals surface area contributed by atoms with Gasteiger partial charge >= 0.3 is 0 Å². The minimum Gasteiger partial charge on any atom is -0.459 e. The fourth-order valence-corrected chi connectivity index (χ4v) is 3.64. The van der Waals surface area contributed by atoms with E-state index in [1.807, 2.05) is 24.4 Å². The molecule has 23 heavy (non-hydrogen) atoms. The monoisotopic (exact) mass is 333 g/mol. The van der Waals surface area contributed by atoms with Crippen molar-refractivity contribution >= 4 is 17.2 Å². The van der Waals surface area contributed by atoms with E-state index in [4.69, 9.17) is 4.42 Å². The first-order valence-corrected chi connectivity index (χ1v) is 9.07. The minimum atomic E-state index is 0.0428. The van der Waals surface area contributed by atoms with Crippen molar-refractivity contribution in [2.75, 3.05) is 19.6 Å². The number of piperidine rings is 1. The van der Waals surface area contributed by atoms with Crippen LogP contribution in [0.25, 0.3) is 10.8 Å². The molecule has 0 spiro atoms. The van der Waals surface area contributed by atoms with E-state index in [9.17, 15) is 4.79 Å². The van der Waals surface area contributed by atoms with Gasteiger partial charge < -0.3 is 15.1 Å².